The molecule has 0 aliphatic carbocycles. The fraction of sp³-hybridized carbons (Fsp3) is 0.261. The van der Waals surface area contributed by atoms with Crippen molar-refractivity contribution in [3.05, 3.63) is 62.5 Å². The van der Waals surface area contributed by atoms with Crippen molar-refractivity contribution in [1.29, 1.82) is 0 Å². The number of ether oxygens (including phenoxy) is 3. The molecule has 1 amide bonds. The van der Waals surface area contributed by atoms with Gasteiger partial charge in [0.1, 0.15) is 17.5 Å². The minimum atomic E-state index is -0.488. The predicted octanol–water partition coefficient (Wildman–Crippen LogP) is 5.74. The highest BCUT2D eigenvalue weighted by atomic mass is 35.5. The van der Waals surface area contributed by atoms with Crippen molar-refractivity contribution in [3.8, 4) is 11.5 Å². The number of nitrogens with zero attached hydrogens (tertiary/aromatic N) is 1. The molecule has 1 saturated heterocycles. The molecule has 3 rings (SSSR count). The topological polar surface area (TPSA) is 65.1 Å². The number of benzene rings is 2. The first kappa shape index (κ1) is 25.4. The molecule has 0 atom stereocenters. The number of carbonyl (C=O) groups is 2. The maximum atomic E-state index is 12.7. The van der Waals surface area contributed by atoms with Gasteiger partial charge >= 0.3 is 5.97 Å². The molecule has 1 aliphatic heterocycles. The molecule has 174 valence electrons. The van der Waals surface area contributed by atoms with Crippen molar-refractivity contribution in [2.24, 2.45) is 0 Å². The monoisotopic (exact) mass is 525 g/mol. The van der Waals surface area contributed by atoms with Gasteiger partial charge in [-0.05, 0) is 42.3 Å². The quantitative estimate of drug-likeness (QED) is 0.235. The molecule has 0 N–H and O–H groups in total. The van der Waals surface area contributed by atoms with Crippen molar-refractivity contribution in [2.75, 3.05) is 20.3 Å². The Morgan fingerprint density at radius 3 is 2.67 bits per heavy atom. The average molecular weight is 526 g/mol. The van der Waals surface area contributed by atoms with E-state index in [2.05, 4.69) is 0 Å². The molecule has 1 fully saturated rings. The molecule has 0 radical (unpaired) electrons. The molecule has 33 heavy (non-hydrogen) atoms. The van der Waals surface area contributed by atoms with Crippen molar-refractivity contribution in [3.63, 3.8) is 0 Å². The molecule has 1 aliphatic rings. The van der Waals surface area contributed by atoms with E-state index < -0.39 is 5.97 Å². The van der Waals surface area contributed by atoms with E-state index in [1.807, 2.05) is 6.92 Å². The van der Waals surface area contributed by atoms with Gasteiger partial charge in [0.05, 0.1) is 18.6 Å². The fourth-order valence-electron chi connectivity index (χ4n) is 2.87. The number of hydrogen-bond acceptors (Lipinski definition) is 7. The number of carbonyl (C=O) groups excluding carboxylic acids is 2. The van der Waals surface area contributed by atoms with E-state index in [-0.39, 0.29) is 19.1 Å². The lowest BCUT2D eigenvalue weighted by Gasteiger charge is -2.13. The fourth-order valence-corrected chi connectivity index (χ4v) is 4.58. The predicted molar refractivity (Wildman–Crippen MR) is 135 cm³/mol. The molecule has 0 spiro atoms. The molecule has 6 nitrogen and oxygen atoms in total. The Labute approximate surface area is 211 Å². The van der Waals surface area contributed by atoms with E-state index in [0.717, 1.165) is 22.9 Å². The number of methoxy groups -OCH3 is 1. The summed E-state index contributed by atoms with van der Waals surface area (Å²) in [5, 5.41) is 1.06. The Morgan fingerprint density at radius 1 is 1.18 bits per heavy atom. The van der Waals surface area contributed by atoms with E-state index in [1.165, 1.54) is 12.0 Å². The molecular formula is C23H21Cl2NO5S2. The third kappa shape index (κ3) is 6.63. The number of esters is 1. The Morgan fingerprint density at radius 2 is 1.97 bits per heavy atom. The highest BCUT2D eigenvalue weighted by Gasteiger charge is 2.33. The Kier molecular flexibility index (Phi) is 9.02. The second-order valence-corrected chi connectivity index (χ2v) is 9.44. The second kappa shape index (κ2) is 11.7. The molecule has 0 saturated carbocycles. The minimum absolute atomic E-state index is 0.203. The Hall–Kier alpha value is -2.26. The highest BCUT2D eigenvalue weighted by Crippen LogP contribution is 2.35. The number of thioether (sulfide) groups is 1. The third-order valence-corrected chi connectivity index (χ3v) is 6.48. The first-order valence-corrected chi connectivity index (χ1v) is 12.0. The second-order valence-electron chi connectivity index (χ2n) is 6.92. The van der Waals surface area contributed by atoms with Crippen molar-refractivity contribution < 1.29 is 23.8 Å². The maximum Gasteiger partial charge on any atom is 0.326 e. The lowest BCUT2D eigenvalue weighted by molar-refractivity contribution is -0.146. The van der Waals surface area contributed by atoms with Crippen LogP contribution in [0, 0.1) is 0 Å². The van der Waals surface area contributed by atoms with Gasteiger partial charge in [0.15, 0.2) is 11.5 Å². The maximum absolute atomic E-state index is 12.7. The number of halogens is 2. The summed E-state index contributed by atoms with van der Waals surface area (Å²) in [6.07, 6.45) is 2.40. The number of thiocarbonyl (C=S) groups is 1. The van der Waals surface area contributed by atoms with E-state index in [9.17, 15) is 9.59 Å². The average Bonchev–Trinajstić information content (AvgIpc) is 3.04. The molecule has 2 aromatic rings. The smallest absolute Gasteiger partial charge is 0.326 e. The summed E-state index contributed by atoms with van der Waals surface area (Å²) >= 11 is 18.5. The van der Waals surface area contributed by atoms with E-state index in [0.29, 0.717) is 43.8 Å². The largest absolute Gasteiger partial charge is 0.493 e. The first-order valence-electron chi connectivity index (χ1n) is 9.98. The highest BCUT2D eigenvalue weighted by molar-refractivity contribution is 8.26. The van der Waals surface area contributed by atoms with E-state index >= 15 is 0 Å². The summed E-state index contributed by atoms with van der Waals surface area (Å²) in [6, 6.07) is 10.5. The van der Waals surface area contributed by atoms with Gasteiger partial charge < -0.3 is 14.2 Å². The summed E-state index contributed by atoms with van der Waals surface area (Å²) in [6.45, 7) is 2.23. The summed E-state index contributed by atoms with van der Waals surface area (Å²) in [7, 11) is 1.53. The van der Waals surface area contributed by atoms with Crippen LogP contribution in [0.25, 0.3) is 6.08 Å². The van der Waals surface area contributed by atoms with Gasteiger partial charge in [-0.1, -0.05) is 66.2 Å². The van der Waals surface area contributed by atoms with Crippen LogP contribution in [0.5, 0.6) is 11.5 Å². The van der Waals surface area contributed by atoms with Gasteiger partial charge in [-0.2, -0.15) is 0 Å². The summed E-state index contributed by atoms with van der Waals surface area (Å²) in [5.41, 5.74) is 1.51. The third-order valence-electron chi connectivity index (χ3n) is 4.51. The van der Waals surface area contributed by atoms with Crippen LogP contribution >= 0.6 is 47.2 Å². The number of amides is 1. The molecular weight excluding hydrogens is 505 g/mol. The summed E-state index contributed by atoms with van der Waals surface area (Å²) < 4.78 is 16.7. The molecule has 1 heterocycles. The number of rotatable bonds is 9. The Bertz CT molecular complexity index is 1110. The normalized spacial score (nSPS) is 14.7. The molecule has 10 heteroatoms. The van der Waals surface area contributed by atoms with Crippen molar-refractivity contribution >= 4 is 69.5 Å². The zero-order chi connectivity index (χ0) is 24.0. The van der Waals surface area contributed by atoms with Gasteiger partial charge in [0, 0.05) is 15.6 Å². The van der Waals surface area contributed by atoms with Crippen LogP contribution in [0.1, 0.15) is 24.5 Å². The van der Waals surface area contributed by atoms with Gasteiger partial charge in [-0.25, -0.2) is 0 Å². The zero-order valence-electron chi connectivity index (χ0n) is 17.9. The van der Waals surface area contributed by atoms with Crippen LogP contribution in [-0.2, 0) is 20.9 Å². The summed E-state index contributed by atoms with van der Waals surface area (Å²) in [4.78, 5) is 26.3. The lowest BCUT2D eigenvalue weighted by Crippen LogP contribution is -2.34. The van der Waals surface area contributed by atoms with Crippen LogP contribution in [0.4, 0.5) is 0 Å². The van der Waals surface area contributed by atoms with Gasteiger partial charge in [-0.3, -0.25) is 14.5 Å². The molecule has 0 unspecified atom stereocenters. The van der Waals surface area contributed by atoms with Gasteiger partial charge in [0.25, 0.3) is 5.91 Å². The first-order chi connectivity index (χ1) is 15.8. The molecule has 2 aromatic carbocycles. The number of hydrogen-bond donors (Lipinski definition) is 0. The van der Waals surface area contributed by atoms with E-state index in [1.54, 1.807) is 42.5 Å². The van der Waals surface area contributed by atoms with Crippen molar-refractivity contribution in [2.45, 2.75) is 20.0 Å². The van der Waals surface area contributed by atoms with Crippen LogP contribution < -0.4 is 9.47 Å². The van der Waals surface area contributed by atoms with Gasteiger partial charge in [0.2, 0.25) is 0 Å². The standard InChI is InChI=1S/C23H21Cl2NO5S2/c1-3-8-30-21(27)12-26-22(28)20(33-23(26)32)10-14-4-7-18(19(9-14)29-2)31-13-15-5-6-16(24)11-17(15)25/h4-7,9-11H,3,8,12-13H2,1-2H3/b20-10-. The summed E-state index contributed by atoms with van der Waals surface area (Å²) in [5.74, 6) is 0.188. The SMILES string of the molecule is CCCOC(=O)CN1C(=O)/C(=C/c2ccc(OCc3ccc(Cl)cc3Cl)c(OC)c2)SC1=S. The van der Waals surface area contributed by atoms with E-state index in [4.69, 9.17) is 49.6 Å². The van der Waals surface area contributed by atoms with Gasteiger partial charge in [-0.15, -0.1) is 0 Å². The zero-order valence-corrected chi connectivity index (χ0v) is 21.1. The van der Waals surface area contributed by atoms with Crippen LogP contribution in [0.15, 0.2) is 41.3 Å². The molecule has 0 aromatic heterocycles. The molecule has 0 bridgehead atoms. The lowest BCUT2D eigenvalue weighted by atomic mass is 10.1. The Balaban J connectivity index is 1.71. The van der Waals surface area contributed by atoms with Crippen LogP contribution in [-0.4, -0.2) is 41.4 Å². The van der Waals surface area contributed by atoms with Crippen LogP contribution in [0.3, 0.4) is 0 Å². The van der Waals surface area contributed by atoms with Crippen molar-refractivity contribution in [1.82, 2.24) is 4.90 Å². The minimum Gasteiger partial charge on any atom is -0.493 e. The van der Waals surface area contributed by atoms with Crippen LogP contribution in [0.2, 0.25) is 10.0 Å².